The molecule has 0 fully saturated rings. The van der Waals surface area contributed by atoms with Gasteiger partial charge in [0.2, 0.25) is 0 Å². The van der Waals surface area contributed by atoms with E-state index in [4.69, 9.17) is 8.94 Å². The predicted octanol–water partition coefficient (Wildman–Crippen LogP) is 4.05. The molecule has 5 nitrogen and oxygen atoms in total. The lowest BCUT2D eigenvalue weighted by Gasteiger charge is -2.22. The summed E-state index contributed by atoms with van der Waals surface area (Å²) in [6.45, 7) is 1.79. The van der Waals surface area contributed by atoms with Gasteiger partial charge in [0.25, 0.3) is 5.91 Å². The lowest BCUT2D eigenvalue weighted by molar-refractivity contribution is 0.0932. The maximum Gasteiger partial charge on any atom is 0.257 e. The number of nitrogens with zero attached hydrogens (tertiary/aromatic N) is 1. The van der Waals surface area contributed by atoms with Gasteiger partial charge >= 0.3 is 0 Å². The van der Waals surface area contributed by atoms with Crippen molar-refractivity contribution in [1.82, 2.24) is 10.5 Å². The summed E-state index contributed by atoms with van der Waals surface area (Å²) in [6, 6.07) is 11.5. The second-order valence-electron chi connectivity index (χ2n) is 6.06. The van der Waals surface area contributed by atoms with Gasteiger partial charge in [-0.3, -0.25) is 4.79 Å². The summed E-state index contributed by atoms with van der Waals surface area (Å²) >= 11 is 0. The van der Waals surface area contributed by atoms with Gasteiger partial charge in [0.1, 0.15) is 11.3 Å². The SMILES string of the molecule is Cc1noc(-c2ccccc2)c1C(=O)N[C@H]1CCCc2occc21. The summed E-state index contributed by atoms with van der Waals surface area (Å²) in [7, 11) is 0. The van der Waals surface area contributed by atoms with Crippen molar-refractivity contribution in [2.75, 3.05) is 0 Å². The molecule has 1 amide bonds. The molecule has 0 saturated carbocycles. The van der Waals surface area contributed by atoms with Gasteiger partial charge in [-0.05, 0) is 25.8 Å². The highest BCUT2D eigenvalue weighted by atomic mass is 16.5. The summed E-state index contributed by atoms with van der Waals surface area (Å²) in [4.78, 5) is 12.9. The zero-order valence-corrected chi connectivity index (χ0v) is 13.4. The van der Waals surface area contributed by atoms with E-state index in [0.29, 0.717) is 17.0 Å². The summed E-state index contributed by atoms with van der Waals surface area (Å²) in [5.41, 5.74) is 3.01. The van der Waals surface area contributed by atoms with Crippen LogP contribution in [0.2, 0.25) is 0 Å². The Balaban J connectivity index is 1.64. The van der Waals surface area contributed by atoms with E-state index < -0.39 is 0 Å². The number of benzene rings is 1. The molecule has 3 aromatic rings. The molecule has 0 bridgehead atoms. The van der Waals surface area contributed by atoms with Crippen LogP contribution in [0.25, 0.3) is 11.3 Å². The molecule has 0 saturated heterocycles. The number of nitrogens with one attached hydrogen (secondary N) is 1. The van der Waals surface area contributed by atoms with Crippen LogP contribution in [0.3, 0.4) is 0 Å². The average molecular weight is 322 g/mol. The van der Waals surface area contributed by atoms with Crippen molar-refractivity contribution in [3.05, 3.63) is 65.2 Å². The van der Waals surface area contributed by atoms with E-state index in [1.807, 2.05) is 36.4 Å². The topological polar surface area (TPSA) is 68.3 Å². The van der Waals surface area contributed by atoms with Crippen LogP contribution in [0.15, 0.2) is 51.6 Å². The first-order valence-electron chi connectivity index (χ1n) is 8.13. The molecule has 0 spiro atoms. The Morgan fingerprint density at radius 2 is 2.08 bits per heavy atom. The molecule has 0 radical (unpaired) electrons. The minimum absolute atomic E-state index is 0.0297. The molecule has 1 aliphatic rings. The number of hydrogen-bond acceptors (Lipinski definition) is 4. The summed E-state index contributed by atoms with van der Waals surface area (Å²) in [6.07, 6.45) is 4.52. The Morgan fingerprint density at radius 3 is 2.92 bits per heavy atom. The Bertz CT molecular complexity index is 864. The number of carbonyl (C=O) groups excluding carboxylic acids is 1. The van der Waals surface area contributed by atoms with Gasteiger partial charge < -0.3 is 14.3 Å². The first-order valence-corrected chi connectivity index (χ1v) is 8.13. The number of fused-ring (bicyclic) bond motifs is 1. The molecule has 1 N–H and O–H groups in total. The van der Waals surface area contributed by atoms with E-state index in [9.17, 15) is 4.79 Å². The standard InChI is InChI=1S/C19H18N2O3/c1-12-17(18(24-21-12)13-6-3-2-4-7-13)19(22)20-15-8-5-9-16-14(15)10-11-23-16/h2-4,6-7,10-11,15H,5,8-9H2,1H3,(H,20,22)/t15-/m0/s1. The average Bonchev–Trinajstić information content (AvgIpc) is 3.22. The van der Waals surface area contributed by atoms with Crippen molar-refractivity contribution < 1.29 is 13.7 Å². The molecule has 2 heterocycles. The quantitative estimate of drug-likeness (QED) is 0.790. The van der Waals surface area contributed by atoms with Crippen molar-refractivity contribution in [3.63, 3.8) is 0 Å². The third kappa shape index (κ3) is 2.52. The zero-order chi connectivity index (χ0) is 16.5. The van der Waals surface area contributed by atoms with Crippen LogP contribution >= 0.6 is 0 Å². The van der Waals surface area contributed by atoms with Crippen molar-refractivity contribution in [3.8, 4) is 11.3 Å². The zero-order valence-electron chi connectivity index (χ0n) is 13.4. The second-order valence-corrected chi connectivity index (χ2v) is 6.06. The largest absolute Gasteiger partial charge is 0.469 e. The van der Waals surface area contributed by atoms with E-state index in [2.05, 4.69) is 10.5 Å². The lowest BCUT2D eigenvalue weighted by Crippen LogP contribution is -2.31. The molecule has 1 aliphatic carbocycles. The maximum atomic E-state index is 12.9. The van der Waals surface area contributed by atoms with Gasteiger partial charge in [0.05, 0.1) is 18.0 Å². The van der Waals surface area contributed by atoms with Crippen LogP contribution in [-0.4, -0.2) is 11.1 Å². The minimum Gasteiger partial charge on any atom is -0.469 e. The molecule has 1 atom stereocenters. The fourth-order valence-corrected chi connectivity index (χ4v) is 3.29. The fourth-order valence-electron chi connectivity index (χ4n) is 3.29. The van der Waals surface area contributed by atoms with Gasteiger partial charge in [-0.2, -0.15) is 0 Å². The summed E-state index contributed by atoms with van der Waals surface area (Å²) in [5.74, 6) is 1.32. The number of aryl methyl sites for hydroxylation is 2. The monoisotopic (exact) mass is 322 g/mol. The van der Waals surface area contributed by atoms with Crippen molar-refractivity contribution in [2.24, 2.45) is 0 Å². The Hall–Kier alpha value is -2.82. The number of carbonyl (C=O) groups is 1. The molecule has 1 aromatic carbocycles. The van der Waals surface area contributed by atoms with Crippen molar-refractivity contribution >= 4 is 5.91 Å². The van der Waals surface area contributed by atoms with E-state index >= 15 is 0 Å². The molecule has 5 heteroatoms. The number of hydrogen-bond donors (Lipinski definition) is 1. The van der Waals surface area contributed by atoms with Crippen molar-refractivity contribution in [2.45, 2.75) is 32.2 Å². The Labute approximate surface area is 139 Å². The summed E-state index contributed by atoms with van der Waals surface area (Å²) < 4.78 is 10.9. The fraction of sp³-hybridized carbons (Fsp3) is 0.263. The second kappa shape index (κ2) is 6.00. The van der Waals surface area contributed by atoms with E-state index in [1.54, 1.807) is 13.2 Å². The molecular formula is C19H18N2O3. The molecule has 122 valence electrons. The highest BCUT2D eigenvalue weighted by molar-refractivity contribution is 6.00. The van der Waals surface area contributed by atoms with E-state index in [0.717, 1.165) is 36.1 Å². The minimum atomic E-state index is -0.161. The number of amides is 1. The molecule has 4 rings (SSSR count). The third-order valence-corrected chi connectivity index (χ3v) is 4.48. The molecule has 0 aliphatic heterocycles. The van der Waals surface area contributed by atoms with Gasteiger partial charge in [-0.25, -0.2) is 0 Å². The highest BCUT2D eigenvalue weighted by Crippen LogP contribution is 2.32. The Kier molecular flexibility index (Phi) is 3.69. The first kappa shape index (κ1) is 14.8. The van der Waals surface area contributed by atoms with Crippen LogP contribution in [0, 0.1) is 6.92 Å². The maximum absolute atomic E-state index is 12.9. The number of furan rings is 1. The van der Waals surface area contributed by atoms with Crippen LogP contribution in [0.4, 0.5) is 0 Å². The molecule has 2 aromatic heterocycles. The Morgan fingerprint density at radius 1 is 1.25 bits per heavy atom. The third-order valence-electron chi connectivity index (χ3n) is 4.48. The first-order chi connectivity index (χ1) is 11.7. The lowest BCUT2D eigenvalue weighted by atomic mass is 9.93. The predicted molar refractivity (Wildman–Crippen MR) is 88.5 cm³/mol. The smallest absolute Gasteiger partial charge is 0.257 e. The van der Waals surface area contributed by atoms with Crippen LogP contribution in [0.5, 0.6) is 0 Å². The normalized spacial score (nSPS) is 16.6. The van der Waals surface area contributed by atoms with E-state index in [-0.39, 0.29) is 11.9 Å². The number of rotatable bonds is 3. The summed E-state index contributed by atoms with van der Waals surface area (Å²) in [5, 5.41) is 7.10. The van der Waals surface area contributed by atoms with Gasteiger partial charge in [-0.15, -0.1) is 0 Å². The molecule has 0 unspecified atom stereocenters. The van der Waals surface area contributed by atoms with Crippen LogP contribution < -0.4 is 5.32 Å². The van der Waals surface area contributed by atoms with Crippen LogP contribution in [0.1, 0.15) is 46.3 Å². The van der Waals surface area contributed by atoms with Crippen molar-refractivity contribution in [1.29, 1.82) is 0 Å². The molecular weight excluding hydrogens is 304 g/mol. The van der Waals surface area contributed by atoms with E-state index in [1.165, 1.54) is 0 Å². The van der Waals surface area contributed by atoms with Gasteiger partial charge in [-0.1, -0.05) is 35.5 Å². The van der Waals surface area contributed by atoms with Gasteiger partial charge in [0.15, 0.2) is 5.76 Å². The highest BCUT2D eigenvalue weighted by Gasteiger charge is 2.28. The molecule has 24 heavy (non-hydrogen) atoms. The van der Waals surface area contributed by atoms with Crippen LogP contribution in [-0.2, 0) is 6.42 Å². The number of aromatic nitrogens is 1. The van der Waals surface area contributed by atoms with Gasteiger partial charge in [0, 0.05) is 17.5 Å².